The molecule has 0 saturated carbocycles. The molecule has 21 heavy (non-hydrogen) atoms. The number of aromatic carboxylic acids is 1. The molecule has 116 valence electrons. The first-order valence-corrected chi connectivity index (χ1v) is 7.25. The molecular weight excluding hydrogens is 270 g/mol. The van der Waals surface area contributed by atoms with Gasteiger partial charge in [-0.25, -0.2) is 9.78 Å². The third-order valence-corrected chi connectivity index (χ3v) is 3.07. The quantitative estimate of drug-likeness (QED) is 0.724. The van der Waals surface area contributed by atoms with E-state index in [4.69, 9.17) is 5.73 Å². The normalized spacial score (nSPS) is 10.4. The summed E-state index contributed by atoms with van der Waals surface area (Å²) in [6, 6.07) is 3.08. The van der Waals surface area contributed by atoms with Crippen LogP contribution >= 0.6 is 0 Å². The zero-order chi connectivity index (χ0) is 15.8. The van der Waals surface area contributed by atoms with Crippen molar-refractivity contribution in [2.75, 3.05) is 18.0 Å². The molecule has 1 amide bonds. The van der Waals surface area contributed by atoms with Crippen molar-refractivity contribution < 1.29 is 14.7 Å². The Hall–Kier alpha value is -2.11. The largest absolute Gasteiger partial charge is 0.478 e. The molecule has 0 aliphatic rings. The van der Waals surface area contributed by atoms with Crippen molar-refractivity contribution in [3.8, 4) is 0 Å². The van der Waals surface area contributed by atoms with E-state index in [1.165, 1.54) is 6.07 Å². The molecule has 3 N–H and O–H groups in total. The lowest BCUT2D eigenvalue weighted by molar-refractivity contribution is -0.116. The number of carboxylic acids is 1. The molecule has 0 aliphatic heterocycles. The van der Waals surface area contributed by atoms with Crippen molar-refractivity contribution in [1.29, 1.82) is 0 Å². The number of carbonyl (C=O) groups excluding carboxylic acids is 1. The molecule has 0 spiro atoms. The smallest absolute Gasteiger partial charge is 0.335 e. The average molecular weight is 293 g/mol. The first-order valence-electron chi connectivity index (χ1n) is 7.25. The molecule has 0 radical (unpaired) electrons. The van der Waals surface area contributed by atoms with Gasteiger partial charge in [0.05, 0.1) is 12.1 Å². The van der Waals surface area contributed by atoms with E-state index in [-0.39, 0.29) is 12.1 Å². The van der Waals surface area contributed by atoms with Gasteiger partial charge < -0.3 is 15.7 Å². The zero-order valence-electron chi connectivity index (χ0n) is 12.6. The summed E-state index contributed by atoms with van der Waals surface area (Å²) in [6.45, 7) is 4.72. The molecule has 1 aromatic heterocycles. The van der Waals surface area contributed by atoms with Crippen molar-refractivity contribution >= 4 is 17.7 Å². The van der Waals surface area contributed by atoms with Crippen LogP contribution in [0.15, 0.2) is 12.1 Å². The van der Waals surface area contributed by atoms with E-state index in [0.717, 1.165) is 25.0 Å². The number of unbranched alkanes of at least 4 members (excludes halogenated alkanes) is 1. The lowest BCUT2D eigenvalue weighted by Crippen LogP contribution is -2.35. The lowest BCUT2D eigenvalue weighted by Gasteiger charge is -2.23. The van der Waals surface area contributed by atoms with E-state index in [1.54, 1.807) is 11.0 Å². The van der Waals surface area contributed by atoms with Crippen LogP contribution in [0.2, 0.25) is 0 Å². The molecule has 6 heteroatoms. The Labute approximate surface area is 125 Å². The average Bonchev–Trinajstić information content (AvgIpc) is 2.43. The fourth-order valence-electron chi connectivity index (χ4n) is 2.05. The van der Waals surface area contributed by atoms with Gasteiger partial charge in [-0.15, -0.1) is 0 Å². The Morgan fingerprint density at radius 3 is 2.52 bits per heavy atom. The van der Waals surface area contributed by atoms with E-state index in [9.17, 15) is 14.7 Å². The summed E-state index contributed by atoms with van der Waals surface area (Å²) < 4.78 is 0. The number of aryl methyl sites for hydroxylation is 1. The van der Waals surface area contributed by atoms with E-state index in [1.807, 2.05) is 13.8 Å². The van der Waals surface area contributed by atoms with Crippen molar-refractivity contribution in [1.82, 2.24) is 4.98 Å². The van der Waals surface area contributed by atoms with E-state index in [0.29, 0.717) is 18.8 Å². The molecule has 1 aromatic rings. The summed E-state index contributed by atoms with van der Waals surface area (Å²) in [5, 5.41) is 9.20. The van der Waals surface area contributed by atoms with Gasteiger partial charge in [0, 0.05) is 12.2 Å². The van der Waals surface area contributed by atoms with Crippen molar-refractivity contribution in [3.63, 3.8) is 0 Å². The number of hydrogen-bond acceptors (Lipinski definition) is 4. The SMILES string of the molecule is CCCCN(CC(N)=O)c1cc(C(=O)O)cc(CCC)n1. The fraction of sp³-hybridized carbons (Fsp3) is 0.533. The van der Waals surface area contributed by atoms with Gasteiger partial charge in [-0.3, -0.25) is 4.79 Å². The second kappa shape index (κ2) is 8.24. The van der Waals surface area contributed by atoms with Crippen molar-refractivity contribution in [2.24, 2.45) is 5.73 Å². The Balaban J connectivity index is 3.14. The summed E-state index contributed by atoms with van der Waals surface area (Å²) in [5.74, 6) is -0.943. The molecule has 0 aromatic carbocycles. The highest BCUT2D eigenvalue weighted by atomic mass is 16.4. The predicted molar refractivity (Wildman–Crippen MR) is 81.5 cm³/mol. The van der Waals surface area contributed by atoms with Gasteiger partial charge in [0.1, 0.15) is 5.82 Å². The number of primary amides is 1. The number of anilines is 1. The monoisotopic (exact) mass is 293 g/mol. The molecule has 0 unspecified atom stereocenters. The Kier molecular flexibility index (Phi) is 6.65. The number of nitrogens with zero attached hydrogens (tertiary/aromatic N) is 2. The summed E-state index contributed by atoms with van der Waals surface area (Å²) in [6.07, 6.45) is 3.43. The Morgan fingerprint density at radius 2 is 2.00 bits per heavy atom. The van der Waals surface area contributed by atoms with E-state index >= 15 is 0 Å². The van der Waals surface area contributed by atoms with Crippen molar-refractivity contribution in [2.45, 2.75) is 39.5 Å². The molecule has 0 fully saturated rings. The highest BCUT2D eigenvalue weighted by molar-refractivity contribution is 5.89. The number of aromatic nitrogens is 1. The van der Waals surface area contributed by atoms with Crippen LogP contribution in [-0.4, -0.2) is 35.1 Å². The summed E-state index contributed by atoms with van der Waals surface area (Å²) in [4.78, 5) is 28.7. The van der Waals surface area contributed by atoms with Gasteiger partial charge in [-0.1, -0.05) is 26.7 Å². The number of carboxylic acid groups (broad SMARTS) is 1. The fourth-order valence-corrected chi connectivity index (χ4v) is 2.05. The molecule has 0 saturated heterocycles. The third-order valence-electron chi connectivity index (χ3n) is 3.07. The number of carbonyl (C=O) groups is 2. The topological polar surface area (TPSA) is 96.5 Å². The second-order valence-corrected chi connectivity index (χ2v) is 5.00. The van der Waals surface area contributed by atoms with Crippen molar-refractivity contribution in [3.05, 3.63) is 23.4 Å². The highest BCUT2D eigenvalue weighted by Crippen LogP contribution is 2.17. The van der Waals surface area contributed by atoms with Crippen LogP contribution in [0.1, 0.15) is 49.2 Å². The van der Waals surface area contributed by atoms with Crippen LogP contribution in [0.5, 0.6) is 0 Å². The Bertz CT molecular complexity index is 503. The number of amides is 1. The van der Waals surface area contributed by atoms with Crippen LogP contribution in [0.3, 0.4) is 0 Å². The Morgan fingerprint density at radius 1 is 1.29 bits per heavy atom. The third kappa shape index (κ3) is 5.41. The van der Waals surface area contributed by atoms with Gasteiger partial charge in [0.2, 0.25) is 5.91 Å². The number of hydrogen-bond donors (Lipinski definition) is 2. The second-order valence-electron chi connectivity index (χ2n) is 5.00. The van der Waals surface area contributed by atoms with Gasteiger partial charge in [0.25, 0.3) is 0 Å². The minimum atomic E-state index is -0.995. The first kappa shape index (κ1) is 16.9. The maximum absolute atomic E-state index is 11.2. The maximum Gasteiger partial charge on any atom is 0.335 e. The zero-order valence-corrected chi connectivity index (χ0v) is 12.6. The van der Waals surface area contributed by atoms with Crippen LogP contribution < -0.4 is 10.6 Å². The van der Waals surface area contributed by atoms with Gasteiger partial charge in [-0.2, -0.15) is 0 Å². The summed E-state index contributed by atoms with van der Waals surface area (Å²) in [7, 11) is 0. The maximum atomic E-state index is 11.2. The van der Waals surface area contributed by atoms with Gasteiger partial charge in [0.15, 0.2) is 0 Å². The number of pyridine rings is 1. The molecule has 1 rings (SSSR count). The molecule has 6 nitrogen and oxygen atoms in total. The minimum Gasteiger partial charge on any atom is -0.478 e. The molecular formula is C15H23N3O3. The van der Waals surface area contributed by atoms with E-state index in [2.05, 4.69) is 4.98 Å². The standard InChI is InChI=1S/C15H23N3O3/c1-3-5-7-18(10-13(16)19)14-9-11(15(20)21)8-12(17-14)6-4-2/h8-9H,3-7,10H2,1-2H3,(H2,16,19)(H,20,21). The predicted octanol–water partition coefficient (Wildman–Crippen LogP) is 1.82. The molecule has 0 bridgehead atoms. The van der Waals surface area contributed by atoms with Crippen LogP contribution in [0.4, 0.5) is 5.82 Å². The first-order chi connectivity index (χ1) is 9.97. The lowest BCUT2D eigenvalue weighted by atomic mass is 10.1. The molecule has 0 atom stereocenters. The molecule has 0 aliphatic carbocycles. The van der Waals surface area contributed by atoms with Gasteiger partial charge in [-0.05, 0) is 25.0 Å². The highest BCUT2D eigenvalue weighted by Gasteiger charge is 2.15. The van der Waals surface area contributed by atoms with E-state index < -0.39 is 11.9 Å². The van der Waals surface area contributed by atoms with Crippen LogP contribution in [0, 0.1) is 0 Å². The molecule has 1 heterocycles. The van der Waals surface area contributed by atoms with Crippen LogP contribution in [0.25, 0.3) is 0 Å². The van der Waals surface area contributed by atoms with Crippen LogP contribution in [-0.2, 0) is 11.2 Å². The number of nitrogens with two attached hydrogens (primary N) is 1. The summed E-state index contributed by atoms with van der Waals surface area (Å²) >= 11 is 0. The summed E-state index contributed by atoms with van der Waals surface area (Å²) in [5.41, 5.74) is 6.18. The minimum absolute atomic E-state index is 0.0433. The van der Waals surface area contributed by atoms with Gasteiger partial charge >= 0.3 is 5.97 Å². The number of rotatable bonds is 9.